The number of carbonyl (C=O) groups is 1. The van der Waals surface area contributed by atoms with Crippen LogP contribution < -0.4 is 4.72 Å². The van der Waals surface area contributed by atoms with Crippen LogP contribution in [-0.2, 0) is 15.4 Å². The van der Waals surface area contributed by atoms with Gasteiger partial charge in [-0.2, -0.15) is 0 Å². The lowest BCUT2D eigenvalue weighted by Gasteiger charge is -2.45. The number of nitrogens with zero attached hydrogens (tertiary/aromatic N) is 4. The molecule has 3 aromatic carbocycles. The van der Waals surface area contributed by atoms with E-state index in [9.17, 15) is 13.2 Å². The average molecular weight is 705 g/mol. The molecule has 0 aliphatic carbocycles. The number of hydrogen-bond acceptors (Lipinski definition) is 5. The molecule has 242 valence electrons. The van der Waals surface area contributed by atoms with Gasteiger partial charge in [-0.15, -0.1) is 0 Å². The Labute approximate surface area is 280 Å². The highest BCUT2D eigenvalue weighted by atomic mass is 79.9. The van der Waals surface area contributed by atoms with Gasteiger partial charge in [0.25, 0.3) is 5.91 Å². The van der Waals surface area contributed by atoms with Gasteiger partial charge in [-0.3, -0.25) is 9.69 Å². The summed E-state index contributed by atoms with van der Waals surface area (Å²) in [6.07, 6.45) is 7.66. The Balaban J connectivity index is 1.06. The first-order valence-corrected chi connectivity index (χ1v) is 18.7. The molecule has 3 aliphatic heterocycles. The maximum absolute atomic E-state index is 13.6. The number of sulfonamides is 1. The standard InChI is InChI=1S/C36H42BrN5O3S/c1-25-39-32-10-6-7-11-33(32)42(25)30-23-28-13-14-29(24-30)41(28)21-18-36(27-8-4-3-5-9-27)16-19-40(20-17-36)35(43)26-12-15-31(37)34(22-26)46(44,45)38-2/h3-12,15,22,28-30,38H,13-14,16-21,23-24H2,1-2H3. The second kappa shape index (κ2) is 12.5. The number of imidazole rings is 1. The summed E-state index contributed by atoms with van der Waals surface area (Å²) >= 11 is 3.33. The first-order chi connectivity index (χ1) is 22.2. The second-order valence-electron chi connectivity index (χ2n) is 13.3. The van der Waals surface area contributed by atoms with Gasteiger partial charge in [-0.05, 0) is 123 Å². The summed E-state index contributed by atoms with van der Waals surface area (Å²) < 4.78 is 30.4. The van der Waals surface area contributed by atoms with Gasteiger partial charge in [0.2, 0.25) is 10.0 Å². The number of aromatic nitrogens is 2. The van der Waals surface area contributed by atoms with Gasteiger partial charge >= 0.3 is 0 Å². The summed E-state index contributed by atoms with van der Waals surface area (Å²) in [6, 6.07) is 25.9. The number of para-hydroxylation sites is 2. The predicted octanol–water partition coefficient (Wildman–Crippen LogP) is 6.45. The van der Waals surface area contributed by atoms with E-state index in [1.54, 1.807) is 12.1 Å². The molecular weight excluding hydrogens is 662 g/mol. The highest BCUT2D eigenvalue weighted by Crippen LogP contribution is 2.45. The highest BCUT2D eigenvalue weighted by molar-refractivity contribution is 9.10. The van der Waals surface area contributed by atoms with Gasteiger partial charge in [0.15, 0.2) is 0 Å². The molecule has 4 aromatic rings. The molecule has 3 fully saturated rings. The minimum atomic E-state index is -3.70. The van der Waals surface area contributed by atoms with E-state index in [1.807, 2.05) is 4.90 Å². The normalized spacial score (nSPS) is 23.2. The third-order valence-electron chi connectivity index (χ3n) is 11.0. The van der Waals surface area contributed by atoms with Crippen LogP contribution >= 0.6 is 15.9 Å². The molecule has 10 heteroatoms. The number of amides is 1. The van der Waals surface area contributed by atoms with Crippen LogP contribution in [0.5, 0.6) is 0 Å². The number of halogens is 1. The number of carbonyl (C=O) groups excluding carboxylic acids is 1. The van der Waals surface area contributed by atoms with Gasteiger partial charge < -0.3 is 9.47 Å². The van der Waals surface area contributed by atoms with Gasteiger partial charge in [-0.1, -0.05) is 42.5 Å². The smallest absolute Gasteiger partial charge is 0.253 e. The van der Waals surface area contributed by atoms with Crippen molar-refractivity contribution in [3.05, 3.63) is 94.2 Å². The van der Waals surface area contributed by atoms with Crippen LogP contribution in [0, 0.1) is 6.92 Å². The zero-order valence-corrected chi connectivity index (χ0v) is 28.9. The Morgan fingerprint density at radius 3 is 2.33 bits per heavy atom. The van der Waals surface area contributed by atoms with Gasteiger partial charge in [0.1, 0.15) is 5.82 Å². The number of rotatable bonds is 8. The molecule has 0 radical (unpaired) electrons. The van der Waals surface area contributed by atoms with Crippen molar-refractivity contribution < 1.29 is 13.2 Å². The molecule has 2 atom stereocenters. The topological polar surface area (TPSA) is 87.5 Å². The van der Waals surface area contributed by atoms with E-state index >= 15 is 0 Å². The first kappa shape index (κ1) is 31.5. The number of piperidine rings is 2. The van der Waals surface area contributed by atoms with E-state index in [2.05, 4.69) is 91.6 Å². The van der Waals surface area contributed by atoms with Crippen LogP contribution in [0.15, 0.2) is 82.2 Å². The number of aryl methyl sites for hydroxylation is 1. The van der Waals surface area contributed by atoms with Crippen molar-refractivity contribution >= 4 is 42.9 Å². The molecule has 3 saturated heterocycles. The molecule has 0 spiro atoms. The zero-order chi connectivity index (χ0) is 32.1. The van der Waals surface area contributed by atoms with Gasteiger partial charge in [0, 0.05) is 41.3 Å². The summed E-state index contributed by atoms with van der Waals surface area (Å²) in [5, 5.41) is 0. The largest absolute Gasteiger partial charge is 0.339 e. The van der Waals surface area contributed by atoms with E-state index in [0.29, 0.717) is 41.3 Å². The fraction of sp³-hybridized carbons (Fsp3) is 0.444. The first-order valence-electron chi connectivity index (χ1n) is 16.5. The third-order valence-corrected chi connectivity index (χ3v) is 13.4. The lowest BCUT2D eigenvalue weighted by atomic mass is 9.70. The van der Waals surface area contributed by atoms with E-state index < -0.39 is 10.0 Å². The van der Waals surface area contributed by atoms with E-state index in [0.717, 1.165) is 50.0 Å². The molecule has 0 saturated carbocycles. The summed E-state index contributed by atoms with van der Waals surface area (Å²) in [6.45, 7) is 4.49. The van der Waals surface area contributed by atoms with Crippen molar-refractivity contribution in [3.8, 4) is 0 Å². The summed E-state index contributed by atoms with van der Waals surface area (Å²) in [4.78, 5) is 23.3. The van der Waals surface area contributed by atoms with Crippen molar-refractivity contribution in [1.29, 1.82) is 0 Å². The van der Waals surface area contributed by atoms with Crippen LogP contribution in [0.25, 0.3) is 11.0 Å². The maximum Gasteiger partial charge on any atom is 0.253 e. The molecule has 1 amide bonds. The van der Waals surface area contributed by atoms with Gasteiger partial charge in [0.05, 0.1) is 15.9 Å². The van der Waals surface area contributed by atoms with Crippen LogP contribution in [-0.4, -0.2) is 72.4 Å². The Morgan fingerprint density at radius 1 is 0.957 bits per heavy atom. The molecule has 4 heterocycles. The van der Waals surface area contributed by atoms with Crippen LogP contribution in [0.1, 0.15) is 72.7 Å². The summed E-state index contributed by atoms with van der Waals surface area (Å²) in [5.74, 6) is 0.996. The molecular formula is C36H42BrN5O3S. The molecule has 2 unspecified atom stereocenters. The Kier molecular flexibility index (Phi) is 8.59. The zero-order valence-electron chi connectivity index (χ0n) is 26.5. The van der Waals surface area contributed by atoms with E-state index in [4.69, 9.17) is 4.98 Å². The average Bonchev–Trinajstić information content (AvgIpc) is 3.54. The molecule has 3 aliphatic rings. The van der Waals surface area contributed by atoms with Crippen molar-refractivity contribution in [2.45, 2.75) is 80.3 Å². The fourth-order valence-corrected chi connectivity index (χ4v) is 10.3. The van der Waals surface area contributed by atoms with Crippen molar-refractivity contribution in [1.82, 2.24) is 24.1 Å². The number of likely N-dealkylation sites (tertiary alicyclic amines) is 1. The third kappa shape index (κ3) is 5.71. The quantitative estimate of drug-likeness (QED) is 0.228. The number of benzene rings is 3. The molecule has 7 rings (SSSR count). The lowest BCUT2D eigenvalue weighted by molar-refractivity contribution is 0.0606. The van der Waals surface area contributed by atoms with Crippen molar-refractivity contribution in [3.63, 3.8) is 0 Å². The van der Waals surface area contributed by atoms with Crippen molar-refractivity contribution in [2.24, 2.45) is 0 Å². The van der Waals surface area contributed by atoms with Gasteiger partial charge in [-0.25, -0.2) is 18.1 Å². The summed E-state index contributed by atoms with van der Waals surface area (Å²) in [5.41, 5.74) is 4.09. The van der Waals surface area contributed by atoms with Crippen LogP contribution in [0.4, 0.5) is 0 Å². The SMILES string of the molecule is CNS(=O)(=O)c1cc(C(=O)N2CCC(CCN3C4CCC3CC(n3c(C)nc5ccccc53)C4)(c3ccccc3)CC2)ccc1Br. The molecule has 46 heavy (non-hydrogen) atoms. The minimum Gasteiger partial charge on any atom is -0.339 e. The highest BCUT2D eigenvalue weighted by Gasteiger charge is 2.44. The molecule has 1 N–H and O–H groups in total. The molecule has 8 nitrogen and oxygen atoms in total. The fourth-order valence-electron chi connectivity index (χ4n) is 8.54. The van der Waals surface area contributed by atoms with Crippen LogP contribution in [0.2, 0.25) is 0 Å². The number of nitrogens with one attached hydrogen (secondary N) is 1. The van der Waals surface area contributed by atoms with E-state index in [-0.39, 0.29) is 16.2 Å². The predicted molar refractivity (Wildman–Crippen MR) is 185 cm³/mol. The Bertz CT molecular complexity index is 1840. The van der Waals surface area contributed by atoms with E-state index in [1.165, 1.54) is 37.0 Å². The van der Waals surface area contributed by atoms with Crippen LogP contribution in [0.3, 0.4) is 0 Å². The molecule has 2 bridgehead atoms. The number of hydrogen-bond donors (Lipinski definition) is 1. The monoisotopic (exact) mass is 703 g/mol. The lowest BCUT2D eigenvalue weighted by Crippen LogP contribution is -2.49. The maximum atomic E-state index is 13.6. The van der Waals surface area contributed by atoms with Crippen molar-refractivity contribution in [2.75, 3.05) is 26.7 Å². The second-order valence-corrected chi connectivity index (χ2v) is 16.0. The summed E-state index contributed by atoms with van der Waals surface area (Å²) in [7, 11) is -2.32. The number of fused-ring (bicyclic) bond motifs is 3. The molecule has 1 aromatic heterocycles. The minimum absolute atomic E-state index is 0.00812. The Morgan fingerprint density at radius 2 is 1.63 bits per heavy atom. The Hall–Kier alpha value is -3.05.